The molecule has 2 heterocycles. The lowest BCUT2D eigenvalue weighted by molar-refractivity contribution is 0.314. The predicted molar refractivity (Wildman–Crippen MR) is 80.6 cm³/mol. The molecule has 0 bridgehead atoms. The molecule has 1 saturated heterocycles. The molecule has 1 aromatic heterocycles. The first-order chi connectivity index (χ1) is 9.10. The van der Waals surface area contributed by atoms with Crippen molar-refractivity contribution in [3.8, 4) is 0 Å². The second-order valence-electron chi connectivity index (χ2n) is 5.68. The number of nitrogens with one attached hydrogen (secondary N) is 1. The number of nitrogens with two attached hydrogens (primary N) is 1. The van der Waals surface area contributed by atoms with E-state index in [0.717, 1.165) is 41.1 Å². The summed E-state index contributed by atoms with van der Waals surface area (Å²) in [4.78, 5) is 5.70. The normalized spacial score (nSPS) is 24.4. The van der Waals surface area contributed by atoms with Crippen molar-refractivity contribution in [2.45, 2.75) is 19.4 Å². The maximum Gasteiger partial charge on any atom is 0.0547 e. The second-order valence-corrected chi connectivity index (χ2v) is 6.05. The molecule has 3 N–H and O–H groups in total. The van der Waals surface area contributed by atoms with Gasteiger partial charge >= 0.3 is 0 Å². The van der Waals surface area contributed by atoms with Crippen LogP contribution in [0.15, 0.2) is 18.2 Å². The number of hydrogen-bond donors (Lipinski definition) is 2. The highest BCUT2D eigenvalue weighted by atomic mass is 35.5. The summed E-state index contributed by atoms with van der Waals surface area (Å²) < 4.78 is 0. The number of halogens is 1. The highest BCUT2D eigenvalue weighted by Crippen LogP contribution is 2.39. The number of aryl methyl sites for hydroxylation is 1. The molecule has 2 unspecified atom stereocenters. The Kier molecular flexibility index (Phi) is 3.29. The van der Waals surface area contributed by atoms with Gasteiger partial charge in [-0.25, -0.2) is 0 Å². The fourth-order valence-electron chi connectivity index (χ4n) is 3.22. The highest BCUT2D eigenvalue weighted by Gasteiger charge is 2.31. The lowest BCUT2D eigenvalue weighted by Crippen LogP contribution is -2.20. The molecule has 3 nitrogen and oxygen atoms in total. The van der Waals surface area contributed by atoms with E-state index in [1.165, 1.54) is 5.56 Å². The van der Waals surface area contributed by atoms with E-state index in [9.17, 15) is 0 Å². The van der Waals surface area contributed by atoms with E-state index in [0.29, 0.717) is 12.0 Å². The zero-order valence-electron chi connectivity index (χ0n) is 11.4. The largest absolute Gasteiger partial charge is 0.359 e. The standard InChI is InChI=1S/C15H20ClN3/c1-9-5-12-13(18-9)4-3-11(15(12)16)14-6-10(7-17)8-19(14)2/h3-5,10,14,18H,6-8,17H2,1-2H3. The van der Waals surface area contributed by atoms with Crippen molar-refractivity contribution >= 4 is 22.5 Å². The molecule has 0 saturated carbocycles. The molecule has 0 radical (unpaired) electrons. The lowest BCUT2D eigenvalue weighted by atomic mass is 9.99. The molecule has 2 atom stereocenters. The molecule has 1 aromatic carbocycles. The van der Waals surface area contributed by atoms with Gasteiger partial charge in [-0.3, -0.25) is 4.90 Å². The summed E-state index contributed by atoms with van der Waals surface area (Å²) in [6.45, 7) is 3.87. The first kappa shape index (κ1) is 13.0. The fourth-order valence-corrected chi connectivity index (χ4v) is 3.57. The van der Waals surface area contributed by atoms with Crippen LogP contribution in [0.3, 0.4) is 0 Å². The molecule has 1 aliphatic heterocycles. The van der Waals surface area contributed by atoms with Crippen LogP contribution in [-0.4, -0.2) is 30.0 Å². The van der Waals surface area contributed by atoms with E-state index in [4.69, 9.17) is 17.3 Å². The third-order valence-corrected chi connectivity index (χ3v) is 4.65. The maximum absolute atomic E-state index is 6.61. The summed E-state index contributed by atoms with van der Waals surface area (Å²) in [5, 5.41) is 2.01. The molecule has 1 fully saturated rings. The van der Waals surface area contributed by atoms with E-state index in [-0.39, 0.29) is 0 Å². The molecule has 0 amide bonds. The van der Waals surface area contributed by atoms with E-state index in [1.54, 1.807) is 0 Å². The van der Waals surface area contributed by atoms with Gasteiger partial charge in [-0.15, -0.1) is 0 Å². The summed E-state index contributed by atoms with van der Waals surface area (Å²) in [5.74, 6) is 0.578. The Hall–Kier alpha value is -1.03. The molecule has 1 aliphatic rings. The number of rotatable bonds is 2. The fraction of sp³-hybridized carbons (Fsp3) is 0.467. The highest BCUT2D eigenvalue weighted by molar-refractivity contribution is 6.36. The van der Waals surface area contributed by atoms with E-state index in [1.807, 2.05) is 0 Å². The molecular formula is C15H20ClN3. The van der Waals surface area contributed by atoms with Gasteiger partial charge in [0.2, 0.25) is 0 Å². The molecule has 102 valence electrons. The zero-order chi connectivity index (χ0) is 13.6. The van der Waals surface area contributed by atoms with Crippen LogP contribution < -0.4 is 5.73 Å². The summed E-state index contributed by atoms with van der Waals surface area (Å²) >= 11 is 6.61. The van der Waals surface area contributed by atoms with Gasteiger partial charge in [-0.1, -0.05) is 17.7 Å². The van der Waals surface area contributed by atoms with Crippen LogP contribution in [0.2, 0.25) is 5.02 Å². The zero-order valence-corrected chi connectivity index (χ0v) is 12.2. The van der Waals surface area contributed by atoms with Crippen molar-refractivity contribution in [2.24, 2.45) is 11.7 Å². The average Bonchev–Trinajstić information content (AvgIpc) is 2.93. The maximum atomic E-state index is 6.61. The number of benzene rings is 1. The number of fused-ring (bicyclic) bond motifs is 1. The SMILES string of the molecule is Cc1cc2c(Cl)c(C3CC(CN)CN3C)ccc2[nH]1. The van der Waals surface area contributed by atoms with Crippen LogP contribution in [-0.2, 0) is 0 Å². The minimum Gasteiger partial charge on any atom is -0.359 e. The molecule has 4 heteroatoms. The monoisotopic (exact) mass is 277 g/mol. The number of aromatic amines is 1. The second kappa shape index (κ2) is 4.82. The summed E-state index contributed by atoms with van der Waals surface area (Å²) in [7, 11) is 2.16. The molecule has 0 spiro atoms. The number of likely N-dealkylation sites (tertiary alicyclic amines) is 1. The summed E-state index contributed by atoms with van der Waals surface area (Å²) in [5.41, 5.74) is 9.29. The van der Waals surface area contributed by atoms with E-state index in [2.05, 4.69) is 42.1 Å². The van der Waals surface area contributed by atoms with Gasteiger partial charge in [-0.2, -0.15) is 0 Å². The van der Waals surface area contributed by atoms with E-state index >= 15 is 0 Å². The number of H-pyrrole nitrogens is 1. The quantitative estimate of drug-likeness (QED) is 0.886. The molecule has 3 rings (SSSR count). The van der Waals surface area contributed by atoms with Gasteiger partial charge in [0.25, 0.3) is 0 Å². The van der Waals surface area contributed by atoms with Crippen molar-refractivity contribution < 1.29 is 0 Å². The average molecular weight is 278 g/mol. The lowest BCUT2D eigenvalue weighted by Gasteiger charge is -2.21. The van der Waals surface area contributed by atoms with Crippen LogP contribution in [0.25, 0.3) is 10.9 Å². The van der Waals surface area contributed by atoms with Crippen LogP contribution in [0, 0.1) is 12.8 Å². The Labute approximate surface area is 118 Å². The minimum atomic E-state index is 0.389. The van der Waals surface area contributed by atoms with Gasteiger partial charge in [0.15, 0.2) is 0 Å². The smallest absolute Gasteiger partial charge is 0.0547 e. The van der Waals surface area contributed by atoms with Crippen LogP contribution in [0.5, 0.6) is 0 Å². The number of nitrogens with zero attached hydrogens (tertiary/aromatic N) is 1. The number of hydrogen-bond acceptors (Lipinski definition) is 2. The Balaban J connectivity index is 2.03. The molecule has 2 aromatic rings. The first-order valence-electron chi connectivity index (χ1n) is 6.78. The third-order valence-electron chi connectivity index (χ3n) is 4.23. The first-order valence-corrected chi connectivity index (χ1v) is 7.16. The minimum absolute atomic E-state index is 0.389. The van der Waals surface area contributed by atoms with Crippen LogP contribution >= 0.6 is 11.6 Å². The molecule has 19 heavy (non-hydrogen) atoms. The number of aromatic nitrogens is 1. The van der Waals surface area contributed by atoms with Gasteiger partial charge in [-0.05, 0) is 50.6 Å². The van der Waals surface area contributed by atoms with Crippen molar-refractivity contribution in [1.82, 2.24) is 9.88 Å². The molecular weight excluding hydrogens is 258 g/mol. The van der Waals surface area contributed by atoms with Crippen molar-refractivity contribution in [3.63, 3.8) is 0 Å². The Bertz CT molecular complexity index is 605. The van der Waals surface area contributed by atoms with Gasteiger partial charge in [0.05, 0.1) is 5.02 Å². The summed E-state index contributed by atoms with van der Waals surface area (Å²) in [6.07, 6.45) is 1.10. The van der Waals surface area contributed by atoms with Crippen molar-refractivity contribution in [3.05, 3.63) is 34.5 Å². The molecule has 0 aliphatic carbocycles. The van der Waals surface area contributed by atoms with Crippen molar-refractivity contribution in [2.75, 3.05) is 20.1 Å². The predicted octanol–water partition coefficient (Wildman–Crippen LogP) is 3.08. The Morgan fingerprint density at radius 2 is 2.26 bits per heavy atom. The third kappa shape index (κ3) is 2.16. The van der Waals surface area contributed by atoms with Gasteiger partial charge in [0, 0.05) is 29.2 Å². The Morgan fingerprint density at radius 1 is 1.47 bits per heavy atom. The van der Waals surface area contributed by atoms with Gasteiger partial charge < -0.3 is 10.7 Å². The van der Waals surface area contributed by atoms with Gasteiger partial charge in [0.1, 0.15) is 0 Å². The van der Waals surface area contributed by atoms with Crippen LogP contribution in [0.4, 0.5) is 0 Å². The van der Waals surface area contributed by atoms with Crippen LogP contribution in [0.1, 0.15) is 23.7 Å². The Morgan fingerprint density at radius 3 is 2.95 bits per heavy atom. The van der Waals surface area contributed by atoms with Crippen molar-refractivity contribution in [1.29, 1.82) is 0 Å². The van der Waals surface area contributed by atoms with E-state index < -0.39 is 0 Å². The summed E-state index contributed by atoms with van der Waals surface area (Å²) in [6, 6.07) is 6.80. The topological polar surface area (TPSA) is 45.0 Å².